The molecule has 1 heterocycles. The smallest absolute Gasteiger partial charge is 0.306 e. The number of aryl methyl sites for hydroxylation is 1. The van der Waals surface area contributed by atoms with Gasteiger partial charge < -0.3 is 10.2 Å². The van der Waals surface area contributed by atoms with E-state index in [0.29, 0.717) is 4.88 Å². The molecule has 0 radical (unpaired) electrons. The first-order valence-electron chi connectivity index (χ1n) is 3.65. The highest BCUT2D eigenvalue weighted by Crippen LogP contribution is 2.33. The second kappa shape index (κ2) is 4.21. The first-order chi connectivity index (χ1) is 6.02. The molecule has 0 unspecified atom stereocenters. The molecule has 1 atom stereocenters. The Morgan fingerprint density at radius 1 is 1.77 bits per heavy atom. The topological polar surface area (TPSA) is 57.5 Å². The number of halogens is 1. The van der Waals surface area contributed by atoms with Gasteiger partial charge in [-0.1, -0.05) is 0 Å². The molecule has 0 aromatic carbocycles. The summed E-state index contributed by atoms with van der Waals surface area (Å²) >= 11 is 4.66. The Balaban J connectivity index is 2.82. The zero-order valence-corrected chi connectivity index (χ0v) is 9.35. The first kappa shape index (κ1) is 10.7. The van der Waals surface area contributed by atoms with E-state index in [1.54, 1.807) is 0 Å². The minimum Gasteiger partial charge on any atom is -0.481 e. The van der Waals surface area contributed by atoms with Gasteiger partial charge in [0.2, 0.25) is 0 Å². The number of rotatable bonds is 3. The predicted molar refractivity (Wildman–Crippen MR) is 54.0 cm³/mol. The predicted octanol–water partition coefficient (Wildman–Crippen LogP) is 2.33. The van der Waals surface area contributed by atoms with Crippen LogP contribution in [0.2, 0.25) is 0 Å². The van der Waals surface area contributed by atoms with Gasteiger partial charge in [-0.25, -0.2) is 0 Å². The molecule has 0 bridgehead atoms. The molecular formula is C8H9BrO3S. The summed E-state index contributed by atoms with van der Waals surface area (Å²) in [6, 6.07) is 0. The number of aliphatic hydroxyl groups excluding tert-OH is 1. The quantitative estimate of drug-likeness (QED) is 0.881. The number of thiophene rings is 1. The molecule has 1 aromatic heterocycles. The third-order valence-corrected chi connectivity index (χ3v) is 4.11. The summed E-state index contributed by atoms with van der Waals surface area (Å²) < 4.78 is 0.811. The molecule has 0 amide bonds. The van der Waals surface area contributed by atoms with Crippen molar-refractivity contribution in [3.8, 4) is 0 Å². The Bertz CT molecular complexity index is 321. The van der Waals surface area contributed by atoms with Gasteiger partial charge in [0, 0.05) is 9.35 Å². The van der Waals surface area contributed by atoms with Crippen LogP contribution in [0.15, 0.2) is 9.85 Å². The highest BCUT2D eigenvalue weighted by molar-refractivity contribution is 9.10. The van der Waals surface area contributed by atoms with Crippen molar-refractivity contribution in [3.63, 3.8) is 0 Å². The number of carboxylic acids is 1. The Morgan fingerprint density at radius 2 is 2.38 bits per heavy atom. The van der Waals surface area contributed by atoms with Crippen molar-refractivity contribution in [2.24, 2.45) is 0 Å². The van der Waals surface area contributed by atoms with Gasteiger partial charge in [0.15, 0.2) is 0 Å². The molecule has 3 nitrogen and oxygen atoms in total. The summed E-state index contributed by atoms with van der Waals surface area (Å²) in [5, 5.41) is 19.8. The molecule has 13 heavy (non-hydrogen) atoms. The van der Waals surface area contributed by atoms with E-state index in [1.807, 2.05) is 12.3 Å². The maximum absolute atomic E-state index is 10.3. The van der Waals surface area contributed by atoms with Gasteiger partial charge in [-0.15, -0.1) is 11.3 Å². The van der Waals surface area contributed by atoms with Crippen molar-refractivity contribution in [1.29, 1.82) is 0 Å². The van der Waals surface area contributed by atoms with E-state index in [1.165, 1.54) is 11.3 Å². The maximum atomic E-state index is 10.3. The molecule has 72 valence electrons. The van der Waals surface area contributed by atoms with Crippen LogP contribution in [0.5, 0.6) is 0 Å². The Kier molecular flexibility index (Phi) is 3.47. The van der Waals surface area contributed by atoms with Crippen molar-refractivity contribution in [3.05, 3.63) is 20.3 Å². The van der Waals surface area contributed by atoms with Gasteiger partial charge in [-0.2, -0.15) is 0 Å². The van der Waals surface area contributed by atoms with Crippen molar-refractivity contribution in [2.75, 3.05) is 0 Å². The lowest BCUT2D eigenvalue weighted by atomic mass is 10.2. The summed E-state index contributed by atoms with van der Waals surface area (Å²) in [6.45, 7) is 1.90. The molecule has 2 N–H and O–H groups in total. The van der Waals surface area contributed by atoms with Crippen LogP contribution < -0.4 is 0 Å². The van der Waals surface area contributed by atoms with E-state index < -0.39 is 12.1 Å². The highest BCUT2D eigenvalue weighted by atomic mass is 79.9. The van der Waals surface area contributed by atoms with Crippen LogP contribution in [-0.2, 0) is 4.79 Å². The Labute approximate surface area is 88.1 Å². The Hall–Kier alpha value is -0.390. The fraction of sp³-hybridized carbons (Fsp3) is 0.375. The number of carbonyl (C=O) groups is 1. The van der Waals surface area contributed by atoms with E-state index in [-0.39, 0.29) is 6.42 Å². The molecule has 0 aliphatic rings. The molecular weight excluding hydrogens is 256 g/mol. The van der Waals surface area contributed by atoms with Gasteiger partial charge in [-0.3, -0.25) is 4.79 Å². The van der Waals surface area contributed by atoms with Crippen molar-refractivity contribution >= 4 is 33.2 Å². The van der Waals surface area contributed by atoms with Crippen LogP contribution in [0.1, 0.15) is 23.0 Å². The lowest BCUT2D eigenvalue weighted by molar-refractivity contribution is -0.139. The largest absolute Gasteiger partial charge is 0.481 e. The number of carboxylic acid groups (broad SMARTS) is 1. The molecule has 0 spiro atoms. The lowest BCUT2D eigenvalue weighted by Crippen LogP contribution is -2.04. The monoisotopic (exact) mass is 264 g/mol. The molecule has 1 rings (SSSR count). The van der Waals surface area contributed by atoms with Crippen molar-refractivity contribution in [1.82, 2.24) is 0 Å². The molecule has 0 saturated heterocycles. The fourth-order valence-corrected chi connectivity index (χ4v) is 2.67. The fourth-order valence-electron chi connectivity index (χ4n) is 0.933. The zero-order chi connectivity index (χ0) is 10.0. The van der Waals surface area contributed by atoms with Crippen LogP contribution in [-0.4, -0.2) is 16.2 Å². The maximum Gasteiger partial charge on any atom is 0.306 e. The number of hydrogen-bond donors (Lipinski definition) is 2. The normalized spacial score (nSPS) is 12.8. The third-order valence-electron chi connectivity index (χ3n) is 1.60. The molecule has 1 aromatic rings. The van der Waals surface area contributed by atoms with E-state index in [9.17, 15) is 9.90 Å². The third kappa shape index (κ3) is 2.52. The SMILES string of the molecule is Cc1csc([C@@H](O)CC(=O)O)c1Br. The highest BCUT2D eigenvalue weighted by Gasteiger charge is 2.17. The first-order valence-corrected chi connectivity index (χ1v) is 5.33. The lowest BCUT2D eigenvalue weighted by Gasteiger charge is -2.05. The van der Waals surface area contributed by atoms with Crippen molar-refractivity contribution in [2.45, 2.75) is 19.4 Å². The average molecular weight is 265 g/mol. The molecule has 0 saturated carbocycles. The summed E-state index contributed by atoms with van der Waals surface area (Å²) in [5.41, 5.74) is 1.02. The van der Waals surface area contributed by atoms with Crippen LogP contribution in [0.4, 0.5) is 0 Å². The minimum atomic E-state index is -0.995. The van der Waals surface area contributed by atoms with Crippen LogP contribution in [0.3, 0.4) is 0 Å². The van der Waals surface area contributed by atoms with E-state index in [2.05, 4.69) is 15.9 Å². The molecule has 0 aliphatic carbocycles. The number of hydrogen-bond acceptors (Lipinski definition) is 3. The van der Waals surface area contributed by atoms with E-state index >= 15 is 0 Å². The summed E-state index contributed by atoms with van der Waals surface area (Å²) in [6.07, 6.45) is -1.16. The van der Waals surface area contributed by atoms with Crippen LogP contribution >= 0.6 is 27.3 Å². The Morgan fingerprint density at radius 3 is 2.77 bits per heavy atom. The molecule has 5 heteroatoms. The minimum absolute atomic E-state index is 0.251. The number of aliphatic hydroxyl groups is 1. The van der Waals surface area contributed by atoms with Gasteiger partial charge >= 0.3 is 5.97 Å². The summed E-state index contributed by atoms with van der Waals surface area (Å²) in [4.78, 5) is 11.0. The van der Waals surface area contributed by atoms with Gasteiger partial charge in [-0.05, 0) is 33.8 Å². The van der Waals surface area contributed by atoms with Crippen LogP contribution in [0, 0.1) is 6.92 Å². The molecule has 0 aliphatic heterocycles. The van der Waals surface area contributed by atoms with E-state index in [0.717, 1.165) is 10.0 Å². The van der Waals surface area contributed by atoms with Crippen LogP contribution in [0.25, 0.3) is 0 Å². The second-order valence-corrected chi connectivity index (χ2v) is 4.41. The second-order valence-electron chi connectivity index (χ2n) is 2.71. The zero-order valence-electron chi connectivity index (χ0n) is 6.95. The number of aliphatic carboxylic acids is 1. The summed E-state index contributed by atoms with van der Waals surface area (Å²) in [7, 11) is 0. The van der Waals surface area contributed by atoms with Crippen molar-refractivity contribution < 1.29 is 15.0 Å². The average Bonchev–Trinajstić information content (AvgIpc) is 2.31. The van der Waals surface area contributed by atoms with Gasteiger partial charge in [0.05, 0.1) is 12.5 Å². The summed E-state index contributed by atoms with van der Waals surface area (Å²) in [5.74, 6) is -0.995. The van der Waals surface area contributed by atoms with Gasteiger partial charge in [0.1, 0.15) is 0 Å². The molecule has 0 fully saturated rings. The van der Waals surface area contributed by atoms with Gasteiger partial charge in [0.25, 0.3) is 0 Å². The standard InChI is InChI=1S/C8H9BrO3S/c1-4-3-13-8(7(4)9)5(10)2-6(11)12/h3,5,10H,2H2,1H3,(H,11,12)/t5-/m0/s1. The van der Waals surface area contributed by atoms with E-state index in [4.69, 9.17) is 5.11 Å².